The van der Waals surface area contributed by atoms with Gasteiger partial charge in [0.05, 0.1) is 10.6 Å². The molecule has 0 saturated heterocycles. The fourth-order valence-electron chi connectivity index (χ4n) is 1.56. The zero-order chi connectivity index (χ0) is 13.8. The fraction of sp³-hybridized carbons (Fsp3) is 0.0769. The molecule has 1 aromatic carbocycles. The molecule has 0 aliphatic heterocycles. The van der Waals surface area contributed by atoms with Gasteiger partial charge in [0.15, 0.2) is 0 Å². The first-order valence-corrected chi connectivity index (χ1v) is 6.96. The van der Waals surface area contributed by atoms with Crippen molar-refractivity contribution < 1.29 is 4.74 Å². The lowest BCUT2D eigenvalue weighted by molar-refractivity contribution is 0.305. The Balaban J connectivity index is 2.20. The van der Waals surface area contributed by atoms with Crippen LogP contribution in [-0.2, 0) is 6.61 Å². The van der Waals surface area contributed by atoms with Crippen molar-refractivity contribution in [1.29, 1.82) is 0 Å². The van der Waals surface area contributed by atoms with Crippen LogP contribution in [0.4, 0.5) is 0 Å². The van der Waals surface area contributed by atoms with Crippen molar-refractivity contribution in [3.8, 4) is 5.75 Å². The highest BCUT2D eigenvalue weighted by molar-refractivity contribution is 9.10. The minimum atomic E-state index is 0.216. The van der Waals surface area contributed by atoms with Crippen LogP contribution in [0.3, 0.4) is 0 Å². The van der Waals surface area contributed by atoms with Crippen LogP contribution >= 0.6 is 39.7 Å². The highest BCUT2D eigenvalue weighted by Gasteiger charge is 2.11. The number of rotatable bonds is 4. The Labute approximate surface area is 129 Å². The van der Waals surface area contributed by atoms with Crippen LogP contribution in [0.2, 0.25) is 5.02 Å². The normalized spacial score (nSPS) is 10.2. The zero-order valence-corrected chi connectivity index (χ0v) is 12.9. The van der Waals surface area contributed by atoms with Crippen molar-refractivity contribution in [2.24, 2.45) is 5.73 Å². The average Bonchev–Trinajstić information content (AvgIpc) is 2.36. The molecule has 0 spiro atoms. The average molecular weight is 358 g/mol. The van der Waals surface area contributed by atoms with Crippen molar-refractivity contribution >= 4 is 44.7 Å². The zero-order valence-electron chi connectivity index (χ0n) is 9.77. The Hall–Kier alpha value is -1.17. The van der Waals surface area contributed by atoms with Crippen LogP contribution in [0.15, 0.2) is 41.1 Å². The number of hydrogen-bond acceptors (Lipinski definition) is 3. The van der Waals surface area contributed by atoms with Crippen LogP contribution in [0.1, 0.15) is 11.1 Å². The van der Waals surface area contributed by atoms with Crippen LogP contribution in [0, 0.1) is 0 Å². The van der Waals surface area contributed by atoms with Gasteiger partial charge in [-0.05, 0) is 34.1 Å². The highest BCUT2D eigenvalue weighted by Crippen LogP contribution is 2.27. The summed E-state index contributed by atoms with van der Waals surface area (Å²) in [6.45, 7) is 0.363. The van der Waals surface area contributed by atoms with E-state index in [2.05, 4.69) is 20.9 Å². The number of nitrogens with zero attached hydrogens (tertiary/aromatic N) is 1. The number of pyridine rings is 1. The fourth-order valence-corrected chi connectivity index (χ4v) is 2.51. The van der Waals surface area contributed by atoms with E-state index in [1.165, 1.54) is 0 Å². The molecule has 2 N–H and O–H groups in total. The Morgan fingerprint density at radius 2 is 2.21 bits per heavy atom. The van der Waals surface area contributed by atoms with Crippen molar-refractivity contribution in [1.82, 2.24) is 4.98 Å². The van der Waals surface area contributed by atoms with Gasteiger partial charge in [0.1, 0.15) is 17.3 Å². The van der Waals surface area contributed by atoms with Crippen molar-refractivity contribution in [3.05, 3.63) is 57.3 Å². The number of benzene rings is 1. The SMILES string of the molecule is NC(=S)c1c(Cl)cccc1OCc1cncc(Br)c1. The topological polar surface area (TPSA) is 48.1 Å². The van der Waals surface area contributed by atoms with Crippen LogP contribution in [-0.4, -0.2) is 9.97 Å². The van der Waals surface area contributed by atoms with Gasteiger partial charge < -0.3 is 10.5 Å². The van der Waals surface area contributed by atoms with Gasteiger partial charge in [0, 0.05) is 22.4 Å². The number of halogens is 2. The van der Waals surface area contributed by atoms with E-state index >= 15 is 0 Å². The van der Waals surface area contributed by atoms with E-state index in [0.717, 1.165) is 10.0 Å². The summed E-state index contributed by atoms with van der Waals surface area (Å²) >= 11 is 14.4. The molecule has 1 aromatic heterocycles. The molecule has 2 rings (SSSR count). The number of thiocarbonyl (C=S) groups is 1. The molecule has 2 aromatic rings. The number of aromatic nitrogens is 1. The molecule has 1 heterocycles. The molecule has 0 aliphatic carbocycles. The summed E-state index contributed by atoms with van der Waals surface area (Å²) in [5.41, 5.74) is 7.15. The first-order valence-electron chi connectivity index (χ1n) is 5.38. The largest absolute Gasteiger partial charge is 0.488 e. The molecule has 0 atom stereocenters. The summed E-state index contributed by atoms with van der Waals surface area (Å²) in [5, 5.41) is 0.484. The van der Waals surface area contributed by atoms with Crippen LogP contribution in [0.25, 0.3) is 0 Å². The third-order valence-corrected chi connectivity index (χ3v) is 3.33. The molecule has 0 aliphatic rings. The van der Waals surface area contributed by atoms with Gasteiger partial charge in [-0.15, -0.1) is 0 Å². The van der Waals surface area contributed by atoms with Crippen molar-refractivity contribution in [2.75, 3.05) is 0 Å². The van der Waals surface area contributed by atoms with Gasteiger partial charge in [-0.2, -0.15) is 0 Å². The molecular weight excluding hydrogens is 348 g/mol. The lowest BCUT2D eigenvalue weighted by Gasteiger charge is -2.12. The van der Waals surface area contributed by atoms with Crippen molar-refractivity contribution in [2.45, 2.75) is 6.61 Å². The second-order valence-corrected chi connectivity index (χ2v) is 5.54. The number of nitrogens with two attached hydrogens (primary N) is 1. The Bertz CT molecular complexity index is 621. The standard InChI is InChI=1S/C13H10BrClN2OS/c14-9-4-8(5-17-6-9)7-18-11-3-1-2-10(15)12(11)13(16)19/h1-6H,7H2,(H2,16,19). The van der Waals surface area contributed by atoms with Crippen LogP contribution < -0.4 is 10.5 Å². The summed E-state index contributed by atoms with van der Waals surface area (Å²) in [6, 6.07) is 7.23. The number of ether oxygens (including phenoxy) is 1. The molecule has 0 fully saturated rings. The molecule has 19 heavy (non-hydrogen) atoms. The lowest BCUT2D eigenvalue weighted by Crippen LogP contribution is -2.12. The summed E-state index contributed by atoms with van der Waals surface area (Å²) in [5.74, 6) is 0.569. The lowest BCUT2D eigenvalue weighted by atomic mass is 10.2. The molecular formula is C13H10BrClN2OS. The van der Waals surface area contributed by atoms with Gasteiger partial charge in [0.2, 0.25) is 0 Å². The predicted octanol–water partition coefficient (Wildman–Crippen LogP) is 3.71. The molecule has 0 amide bonds. The number of hydrogen-bond donors (Lipinski definition) is 1. The summed E-state index contributed by atoms with van der Waals surface area (Å²) in [4.78, 5) is 4.28. The maximum atomic E-state index is 6.06. The third-order valence-electron chi connectivity index (χ3n) is 2.38. The van der Waals surface area contributed by atoms with E-state index in [9.17, 15) is 0 Å². The maximum absolute atomic E-state index is 6.06. The second-order valence-electron chi connectivity index (χ2n) is 3.78. The van der Waals surface area contributed by atoms with E-state index in [4.69, 9.17) is 34.3 Å². The summed E-state index contributed by atoms with van der Waals surface area (Å²) in [6.07, 6.45) is 3.44. The quantitative estimate of drug-likeness (QED) is 0.847. The molecule has 6 heteroatoms. The molecule has 0 radical (unpaired) electrons. The summed E-state index contributed by atoms with van der Waals surface area (Å²) < 4.78 is 6.61. The van der Waals surface area contributed by atoms with E-state index in [0.29, 0.717) is 22.9 Å². The van der Waals surface area contributed by atoms with E-state index in [1.54, 1.807) is 30.6 Å². The van der Waals surface area contributed by atoms with E-state index in [-0.39, 0.29) is 4.99 Å². The Morgan fingerprint density at radius 3 is 2.89 bits per heavy atom. The predicted molar refractivity (Wildman–Crippen MR) is 83.6 cm³/mol. The molecule has 0 bridgehead atoms. The Morgan fingerprint density at radius 1 is 1.42 bits per heavy atom. The minimum absolute atomic E-state index is 0.216. The minimum Gasteiger partial charge on any atom is -0.488 e. The van der Waals surface area contributed by atoms with E-state index < -0.39 is 0 Å². The first-order chi connectivity index (χ1) is 9.08. The monoisotopic (exact) mass is 356 g/mol. The Kier molecular flexibility index (Phi) is 4.74. The maximum Gasteiger partial charge on any atom is 0.131 e. The van der Waals surface area contributed by atoms with Gasteiger partial charge in [0.25, 0.3) is 0 Å². The van der Waals surface area contributed by atoms with Gasteiger partial charge >= 0.3 is 0 Å². The summed E-state index contributed by atoms with van der Waals surface area (Å²) in [7, 11) is 0. The van der Waals surface area contributed by atoms with Crippen LogP contribution in [0.5, 0.6) is 5.75 Å². The molecule has 0 saturated carbocycles. The van der Waals surface area contributed by atoms with Gasteiger partial charge in [-0.3, -0.25) is 4.98 Å². The second kappa shape index (κ2) is 6.32. The van der Waals surface area contributed by atoms with E-state index in [1.807, 2.05) is 6.07 Å². The van der Waals surface area contributed by atoms with Crippen molar-refractivity contribution in [3.63, 3.8) is 0 Å². The molecule has 3 nitrogen and oxygen atoms in total. The van der Waals surface area contributed by atoms with Gasteiger partial charge in [-0.1, -0.05) is 29.9 Å². The van der Waals surface area contributed by atoms with Gasteiger partial charge in [-0.25, -0.2) is 0 Å². The first kappa shape index (κ1) is 14.2. The smallest absolute Gasteiger partial charge is 0.131 e. The third kappa shape index (κ3) is 3.65. The molecule has 98 valence electrons. The molecule has 0 unspecified atom stereocenters. The highest BCUT2D eigenvalue weighted by atomic mass is 79.9.